The average Bonchev–Trinajstić information content (AvgIpc) is 3.00. The zero-order valence-electron chi connectivity index (χ0n) is 14.1. The predicted molar refractivity (Wildman–Crippen MR) is 101 cm³/mol. The Morgan fingerprint density at radius 3 is 2.61 bits per heavy atom. The van der Waals surface area contributed by atoms with Crippen molar-refractivity contribution in [3.05, 3.63) is 70.9 Å². The molecule has 1 aromatic carbocycles. The molecule has 1 saturated heterocycles. The zero-order chi connectivity index (χ0) is 19.9. The first-order valence-corrected chi connectivity index (χ1v) is 8.64. The summed E-state index contributed by atoms with van der Waals surface area (Å²) in [7, 11) is 0. The van der Waals surface area contributed by atoms with Crippen molar-refractivity contribution in [3.63, 3.8) is 0 Å². The molecule has 140 valence electrons. The van der Waals surface area contributed by atoms with Gasteiger partial charge in [0.05, 0.1) is 11.1 Å². The van der Waals surface area contributed by atoms with E-state index in [1.54, 1.807) is 18.2 Å². The summed E-state index contributed by atoms with van der Waals surface area (Å²) >= 11 is 0.614. The largest absolute Gasteiger partial charge is 0.423 e. The first-order chi connectivity index (χ1) is 13.5. The Hall–Kier alpha value is -3.79. The number of benzene rings is 1. The van der Waals surface area contributed by atoms with E-state index in [4.69, 9.17) is 4.74 Å². The standard InChI is InChI=1S/C18H12N4O5S/c23-15(9-14-17(25)21-18(26)28-14)27-13-4-2-1-3-12(13)10-20-22-16(24)11-5-7-19-8-6-11/h1-10H,(H,22,24)(H,21,25,26)/b14-9+,20-10+. The lowest BCUT2D eigenvalue weighted by molar-refractivity contribution is -0.129. The molecule has 0 radical (unpaired) electrons. The SMILES string of the molecule is O=C(/C=C1/SC(=O)NC1=O)Oc1ccccc1/C=N/NC(=O)c1ccncc1. The lowest BCUT2D eigenvalue weighted by Crippen LogP contribution is -2.18. The fourth-order valence-corrected chi connectivity index (χ4v) is 2.72. The van der Waals surface area contributed by atoms with Crippen molar-refractivity contribution in [1.29, 1.82) is 0 Å². The van der Waals surface area contributed by atoms with Crippen molar-refractivity contribution in [2.75, 3.05) is 0 Å². The summed E-state index contributed by atoms with van der Waals surface area (Å²) in [6, 6.07) is 9.56. The molecule has 0 unspecified atom stereocenters. The van der Waals surface area contributed by atoms with Crippen molar-refractivity contribution < 1.29 is 23.9 Å². The number of thioether (sulfide) groups is 1. The van der Waals surface area contributed by atoms with E-state index in [1.165, 1.54) is 36.8 Å². The summed E-state index contributed by atoms with van der Waals surface area (Å²) in [6.45, 7) is 0. The Balaban J connectivity index is 1.67. The van der Waals surface area contributed by atoms with E-state index in [-0.39, 0.29) is 10.7 Å². The minimum Gasteiger partial charge on any atom is -0.423 e. The molecule has 2 heterocycles. The summed E-state index contributed by atoms with van der Waals surface area (Å²) in [5.74, 6) is -1.73. The van der Waals surface area contributed by atoms with Crippen LogP contribution in [0.2, 0.25) is 0 Å². The number of para-hydroxylation sites is 1. The average molecular weight is 396 g/mol. The van der Waals surface area contributed by atoms with Gasteiger partial charge in [0.25, 0.3) is 17.1 Å². The number of rotatable bonds is 5. The van der Waals surface area contributed by atoms with Crippen LogP contribution in [0.15, 0.2) is 64.9 Å². The maximum atomic E-state index is 12.0. The number of hydrogen-bond acceptors (Lipinski definition) is 8. The van der Waals surface area contributed by atoms with Crippen LogP contribution in [0.25, 0.3) is 0 Å². The van der Waals surface area contributed by atoms with Crippen LogP contribution in [0.1, 0.15) is 15.9 Å². The number of carbonyl (C=O) groups is 4. The topological polar surface area (TPSA) is 127 Å². The normalized spacial score (nSPS) is 14.9. The number of carbonyl (C=O) groups excluding carboxylic acids is 4. The Morgan fingerprint density at radius 2 is 1.89 bits per heavy atom. The lowest BCUT2D eigenvalue weighted by Gasteiger charge is -2.05. The van der Waals surface area contributed by atoms with Crippen LogP contribution in [0.4, 0.5) is 4.79 Å². The number of nitrogens with one attached hydrogen (secondary N) is 2. The second kappa shape index (κ2) is 8.73. The number of hydrazone groups is 1. The van der Waals surface area contributed by atoms with Gasteiger partial charge in [-0.3, -0.25) is 24.7 Å². The summed E-state index contributed by atoms with van der Waals surface area (Å²) < 4.78 is 5.20. The van der Waals surface area contributed by atoms with Gasteiger partial charge in [-0.2, -0.15) is 5.10 Å². The highest BCUT2D eigenvalue weighted by Gasteiger charge is 2.26. The highest BCUT2D eigenvalue weighted by molar-refractivity contribution is 8.18. The van der Waals surface area contributed by atoms with Crippen LogP contribution in [0.5, 0.6) is 5.75 Å². The maximum Gasteiger partial charge on any atom is 0.337 e. The molecule has 3 amide bonds. The molecular formula is C18H12N4O5S. The third kappa shape index (κ3) is 4.89. The number of imide groups is 1. The second-order valence-corrected chi connectivity index (χ2v) is 6.26. The van der Waals surface area contributed by atoms with Crippen LogP contribution >= 0.6 is 11.8 Å². The summed E-state index contributed by atoms with van der Waals surface area (Å²) in [4.78, 5) is 50.3. The van der Waals surface area contributed by atoms with Crippen LogP contribution in [0, 0.1) is 0 Å². The first-order valence-electron chi connectivity index (χ1n) is 7.82. The predicted octanol–water partition coefficient (Wildman–Crippen LogP) is 1.62. The number of nitrogens with zero attached hydrogens (tertiary/aromatic N) is 2. The molecule has 10 heteroatoms. The first kappa shape index (κ1) is 19.0. The summed E-state index contributed by atoms with van der Waals surface area (Å²) in [6.07, 6.45) is 5.22. The Kier molecular flexibility index (Phi) is 5.92. The van der Waals surface area contributed by atoms with Crippen molar-refractivity contribution in [3.8, 4) is 5.75 Å². The van der Waals surface area contributed by atoms with E-state index in [0.717, 1.165) is 6.08 Å². The second-order valence-electron chi connectivity index (χ2n) is 5.25. The molecule has 9 nitrogen and oxygen atoms in total. The molecule has 1 aromatic heterocycles. The van der Waals surface area contributed by atoms with E-state index in [1.807, 2.05) is 5.32 Å². The number of pyridine rings is 1. The molecule has 0 atom stereocenters. The van der Waals surface area contributed by atoms with Crippen molar-refractivity contribution in [2.24, 2.45) is 5.10 Å². The highest BCUT2D eigenvalue weighted by atomic mass is 32.2. The van der Waals surface area contributed by atoms with Crippen molar-refractivity contribution >= 4 is 41.0 Å². The number of esters is 1. The fraction of sp³-hybridized carbons (Fsp3) is 0. The smallest absolute Gasteiger partial charge is 0.337 e. The van der Waals surface area contributed by atoms with Gasteiger partial charge in [0.1, 0.15) is 5.75 Å². The monoisotopic (exact) mass is 396 g/mol. The summed E-state index contributed by atoms with van der Waals surface area (Å²) in [5, 5.41) is 5.34. The van der Waals surface area contributed by atoms with E-state index in [9.17, 15) is 19.2 Å². The Labute approximate surface area is 162 Å². The quantitative estimate of drug-likeness (QED) is 0.258. The van der Waals surface area contributed by atoms with E-state index in [0.29, 0.717) is 22.9 Å². The van der Waals surface area contributed by atoms with Gasteiger partial charge in [0, 0.05) is 29.6 Å². The fourth-order valence-electron chi connectivity index (χ4n) is 2.07. The van der Waals surface area contributed by atoms with Crippen molar-refractivity contribution in [1.82, 2.24) is 15.7 Å². The number of aromatic nitrogens is 1. The zero-order valence-corrected chi connectivity index (χ0v) is 14.9. The van der Waals surface area contributed by atoms with Crippen LogP contribution in [-0.4, -0.2) is 34.2 Å². The molecule has 0 aliphatic carbocycles. The maximum absolute atomic E-state index is 12.0. The van der Waals surface area contributed by atoms with Crippen LogP contribution in [-0.2, 0) is 9.59 Å². The third-order valence-corrected chi connectivity index (χ3v) is 4.14. The van der Waals surface area contributed by atoms with Crippen LogP contribution in [0.3, 0.4) is 0 Å². The van der Waals surface area contributed by atoms with Gasteiger partial charge in [-0.15, -0.1) is 0 Å². The number of hydrogen-bond donors (Lipinski definition) is 2. The van der Waals surface area contributed by atoms with E-state index < -0.39 is 23.0 Å². The van der Waals surface area contributed by atoms with Gasteiger partial charge < -0.3 is 4.74 Å². The molecule has 3 rings (SSSR count). The van der Waals surface area contributed by atoms with Gasteiger partial charge in [0.2, 0.25) is 0 Å². The molecule has 2 N–H and O–H groups in total. The lowest BCUT2D eigenvalue weighted by atomic mass is 10.2. The molecule has 1 aliphatic rings. The molecule has 1 aliphatic heterocycles. The molecule has 0 saturated carbocycles. The Bertz CT molecular complexity index is 1000. The van der Waals surface area contributed by atoms with E-state index in [2.05, 4.69) is 15.5 Å². The van der Waals surface area contributed by atoms with Crippen molar-refractivity contribution in [2.45, 2.75) is 0 Å². The van der Waals surface area contributed by atoms with Gasteiger partial charge in [-0.05, 0) is 36.0 Å². The van der Waals surface area contributed by atoms with Crippen LogP contribution < -0.4 is 15.5 Å². The Morgan fingerprint density at radius 1 is 1.14 bits per heavy atom. The minimum atomic E-state index is -0.825. The number of amides is 3. The van der Waals surface area contributed by atoms with Gasteiger partial charge >= 0.3 is 5.97 Å². The molecular weight excluding hydrogens is 384 g/mol. The molecule has 2 aromatic rings. The van der Waals surface area contributed by atoms with Gasteiger partial charge in [-0.25, -0.2) is 10.2 Å². The van der Waals surface area contributed by atoms with Gasteiger partial charge in [-0.1, -0.05) is 12.1 Å². The molecule has 1 fully saturated rings. The highest BCUT2D eigenvalue weighted by Crippen LogP contribution is 2.23. The minimum absolute atomic E-state index is 0.0502. The molecule has 28 heavy (non-hydrogen) atoms. The van der Waals surface area contributed by atoms with E-state index >= 15 is 0 Å². The number of ether oxygens (including phenoxy) is 1. The van der Waals surface area contributed by atoms with Gasteiger partial charge in [0.15, 0.2) is 0 Å². The summed E-state index contributed by atoms with van der Waals surface area (Å²) in [5.41, 5.74) is 3.16. The molecule has 0 bridgehead atoms. The molecule has 0 spiro atoms. The third-order valence-electron chi connectivity index (χ3n) is 3.33.